The maximum Gasteiger partial charge on any atom is 0.471 e. The molecule has 0 bridgehead atoms. The van der Waals surface area contributed by atoms with Gasteiger partial charge in [0.05, 0.1) is 12.9 Å². The first kappa shape index (κ1) is 13.8. The van der Waals surface area contributed by atoms with Gasteiger partial charge in [-0.2, -0.15) is 13.2 Å². The third kappa shape index (κ3) is 4.64. The van der Waals surface area contributed by atoms with Crippen LogP contribution in [0, 0.1) is 0 Å². The van der Waals surface area contributed by atoms with Gasteiger partial charge >= 0.3 is 5.51 Å². The van der Waals surface area contributed by atoms with E-state index in [1.54, 1.807) is 24.3 Å². The SMILES string of the molecule is COc1ccc(OCCS(=O)C(F)(F)F)cc1. The van der Waals surface area contributed by atoms with Gasteiger partial charge in [-0.25, -0.2) is 0 Å². The molecule has 0 aromatic heterocycles. The Kier molecular flexibility index (Phi) is 4.80. The molecule has 1 atom stereocenters. The number of ether oxygens (including phenoxy) is 2. The zero-order valence-electron chi connectivity index (χ0n) is 8.99. The van der Waals surface area contributed by atoms with Gasteiger partial charge in [-0.3, -0.25) is 4.21 Å². The molecular weight excluding hydrogens is 257 g/mol. The molecule has 0 heterocycles. The van der Waals surface area contributed by atoms with Crippen LogP contribution in [0.15, 0.2) is 24.3 Å². The van der Waals surface area contributed by atoms with Crippen LogP contribution in [0.5, 0.6) is 11.5 Å². The highest BCUT2D eigenvalue weighted by Crippen LogP contribution is 2.20. The van der Waals surface area contributed by atoms with Crippen molar-refractivity contribution in [1.29, 1.82) is 0 Å². The Hall–Kier alpha value is -1.24. The lowest BCUT2D eigenvalue weighted by atomic mass is 10.3. The van der Waals surface area contributed by atoms with Crippen LogP contribution in [0.3, 0.4) is 0 Å². The Morgan fingerprint density at radius 3 is 2.18 bits per heavy atom. The van der Waals surface area contributed by atoms with E-state index in [9.17, 15) is 17.4 Å². The van der Waals surface area contributed by atoms with Gasteiger partial charge in [0, 0.05) is 0 Å². The van der Waals surface area contributed by atoms with Gasteiger partial charge in [0.1, 0.15) is 28.9 Å². The van der Waals surface area contributed by atoms with E-state index in [1.165, 1.54) is 7.11 Å². The van der Waals surface area contributed by atoms with E-state index < -0.39 is 22.1 Å². The zero-order chi connectivity index (χ0) is 12.9. The number of benzene rings is 1. The zero-order valence-corrected chi connectivity index (χ0v) is 9.81. The molecule has 0 N–H and O–H groups in total. The molecule has 0 aliphatic carbocycles. The summed E-state index contributed by atoms with van der Waals surface area (Å²) >= 11 is 0. The van der Waals surface area contributed by atoms with Gasteiger partial charge < -0.3 is 9.47 Å². The minimum Gasteiger partial charge on any atom is -0.497 e. The van der Waals surface area contributed by atoms with Crippen LogP contribution < -0.4 is 9.47 Å². The molecule has 0 fully saturated rings. The number of hydrogen-bond acceptors (Lipinski definition) is 3. The molecule has 0 saturated heterocycles. The van der Waals surface area contributed by atoms with Crippen molar-refractivity contribution in [3.63, 3.8) is 0 Å². The summed E-state index contributed by atoms with van der Waals surface area (Å²) in [7, 11) is -1.36. The first-order valence-electron chi connectivity index (χ1n) is 4.65. The normalized spacial score (nSPS) is 13.2. The van der Waals surface area contributed by atoms with Crippen molar-refractivity contribution >= 4 is 10.8 Å². The van der Waals surface area contributed by atoms with Crippen LogP contribution in [-0.4, -0.2) is 29.2 Å². The van der Waals surface area contributed by atoms with E-state index in [0.29, 0.717) is 11.5 Å². The molecule has 7 heteroatoms. The first-order valence-corrected chi connectivity index (χ1v) is 5.97. The standard InChI is InChI=1S/C10H11F3O3S/c1-15-8-2-4-9(5-3-8)16-6-7-17(14)10(11,12)13/h2-5H,6-7H2,1H3. The van der Waals surface area contributed by atoms with Crippen LogP contribution in [0.25, 0.3) is 0 Å². The molecule has 1 aromatic carbocycles. The second-order valence-corrected chi connectivity index (χ2v) is 4.58. The average Bonchev–Trinajstić information content (AvgIpc) is 2.28. The predicted octanol–water partition coefficient (Wildman–Crippen LogP) is 2.34. The lowest BCUT2D eigenvalue weighted by molar-refractivity contribution is -0.0386. The third-order valence-corrected chi connectivity index (χ3v) is 2.91. The van der Waals surface area contributed by atoms with Gasteiger partial charge in [0.15, 0.2) is 0 Å². The van der Waals surface area contributed by atoms with Crippen LogP contribution in [0.2, 0.25) is 0 Å². The van der Waals surface area contributed by atoms with Crippen LogP contribution in [0.4, 0.5) is 13.2 Å². The fourth-order valence-electron chi connectivity index (χ4n) is 1.02. The van der Waals surface area contributed by atoms with Crippen molar-refractivity contribution < 1.29 is 26.9 Å². The third-order valence-electron chi connectivity index (χ3n) is 1.86. The van der Waals surface area contributed by atoms with E-state index in [2.05, 4.69) is 0 Å². The van der Waals surface area contributed by atoms with Gasteiger partial charge in [0.2, 0.25) is 0 Å². The summed E-state index contributed by atoms with van der Waals surface area (Å²) < 4.78 is 56.3. The molecule has 0 aliphatic heterocycles. The van der Waals surface area contributed by atoms with Crippen LogP contribution >= 0.6 is 0 Å². The van der Waals surface area contributed by atoms with Crippen molar-refractivity contribution in [3.05, 3.63) is 24.3 Å². The van der Waals surface area contributed by atoms with Gasteiger partial charge in [0.25, 0.3) is 0 Å². The molecule has 96 valence electrons. The molecule has 0 amide bonds. The lowest BCUT2D eigenvalue weighted by Crippen LogP contribution is -2.22. The summed E-state index contributed by atoms with van der Waals surface area (Å²) in [6.45, 7) is -0.252. The number of hydrogen-bond donors (Lipinski definition) is 0. The highest BCUT2D eigenvalue weighted by atomic mass is 32.2. The summed E-state index contributed by atoms with van der Waals surface area (Å²) in [5.74, 6) is 0.455. The molecule has 0 radical (unpaired) electrons. The van der Waals surface area contributed by atoms with E-state index >= 15 is 0 Å². The minimum absolute atomic E-state index is 0.252. The van der Waals surface area contributed by atoms with E-state index in [-0.39, 0.29) is 6.61 Å². The van der Waals surface area contributed by atoms with Crippen molar-refractivity contribution in [2.75, 3.05) is 19.5 Å². The smallest absolute Gasteiger partial charge is 0.471 e. The fourth-order valence-corrected chi connectivity index (χ4v) is 1.49. The molecule has 0 saturated carbocycles. The van der Waals surface area contributed by atoms with E-state index in [0.717, 1.165) is 0 Å². The van der Waals surface area contributed by atoms with E-state index in [4.69, 9.17) is 9.47 Å². The van der Waals surface area contributed by atoms with Crippen molar-refractivity contribution in [3.8, 4) is 11.5 Å². The number of rotatable bonds is 5. The Morgan fingerprint density at radius 2 is 1.71 bits per heavy atom. The van der Waals surface area contributed by atoms with Gasteiger partial charge in [-0.05, 0) is 24.3 Å². The summed E-state index contributed by atoms with van der Waals surface area (Å²) in [4.78, 5) is 0. The Balaban J connectivity index is 2.38. The average molecular weight is 268 g/mol. The lowest BCUT2D eigenvalue weighted by Gasteiger charge is -2.08. The molecular formula is C10H11F3O3S. The highest BCUT2D eigenvalue weighted by Gasteiger charge is 2.36. The maximum atomic E-state index is 11.9. The molecule has 17 heavy (non-hydrogen) atoms. The Morgan fingerprint density at radius 1 is 1.18 bits per heavy atom. The van der Waals surface area contributed by atoms with Crippen LogP contribution in [0.1, 0.15) is 0 Å². The fraction of sp³-hybridized carbons (Fsp3) is 0.400. The van der Waals surface area contributed by atoms with Crippen molar-refractivity contribution in [2.24, 2.45) is 0 Å². The topological polar surface area (TPSA) is 35.5 Å². The Bertz CT molecular complexity index is 375. The van der Waals surface area contributed by atoms with Gasteiger partial charge in [-0.1, -0.05) is 0 Å². The summed E-state index contributed by atoms with van der Waals surface area (Å²) in [5.41, 5.74) is -4.68. The number of methoxy groups -OCH3 is 1. The maximum absolute atomic E-state index is 11.9. The molecule has 1 rings (SSSR count). The van der Waals surface area contributed by atoms with Gasteiger partial charge in [-0.15, -0.1) is 0 Å². The first-order chi connectivity index (χ1) is 7.93. The molecule has 3 nitrogen and oxygen atoms in total. The van der Waals surface area contributed by atoms with E-state index in [1.807, 2.05) is 0 Å². The number of alkyl halides is 3. The largest absolute Gasteiger partial charge is 0.497 e. The minimum atomic E-state index is -4.68. The molecule has 1 unspecified atom stereocenters. The molecule has 1 aromatic rings. The molecule has 0 spiro atoms. The highest BCUT2D eigenvalue weighted by molar-refractivity contribution is 7.85. The number of halogens is 3. The van der Waals surface area contributed by atoms with Crippen molar-refractivity contribution in [2.45, 2.75) is 5.51 Å². The second kappa shape index (κ2) is 5.90. The predicted molar refractivity (Wildman–Crippen MR) is 57.6 cm³/mol. The quantitative estimate of drug-likeness (QED) is 0.822. The monoisotopic (exact) mass is 268 g/mol. The van der Waals surface area contributed by atoms with Crippen molar-refractivity contribution in [1.82, 2.24) is 0 Å². The summed E-state index contributed by atoms with van der Waals surface area (Å²) in [6.07, 6.45) is 0. The second-order valence-electron chi connectivity index (χ2n) is 3.02. The Labute approximate surface area is 99.0 Å². The van der Waals surface area contributed by atoms with Crippen LogP contribution in [-0.2, 0) is 10.8 Å². The molecule has 0 aliphatic rings. The summed E-state index contributed by atoms with van der Waals surface area (Å²) in [5, 5.41) is 0. The summed E-state index contributed by atoms with van der Waals surface area (Å²) in [6, 6.07) is 6.37.